The standard InChI is InChI=1S/C63H97N4O31P/c1-29(2)14-13-16-30(3)17-18-32(5)21-24-62(8,9)23-12-11-15-31(4)22-25-88-39(55(80)81)28-89-99(86,87)98-60-51(52(97-61(64)84)63(10,85)53(96-60)56(82)83)95-58-42(66-34(7)71)43(74)48(37(26-68)91-58)92-57-41(65-33(6)70)44(75)49(38(27-69)90-57)93-59-47(78)45(76)46(77)50(94-59)54(79)67-40-35(72)19-20-36(40)73/h12,14,17,22-23,37-39,41-53,57-60,68-69,72,74-78,85H,5,11,13,15-16,18-21,24-28H2,1-4,6-10H3,(H2,64,84)(H,65,70)(H,66,71)(H,67,79)(H,80,81)(H,82,83)(H,86,87)/b23-12+,30-17+,31-22-/t37-,38+,39+,41+,42-,43-,44+,45-,46-,47+,48-,49+,50-,51-,52-,53-,57-,58+,59+,60+,63+/m1/s1. The molecule has 5 aliphatic rings. The number of amides is 4. The van der Waals surface area contributed by atoms with Crippen molar-refractivity contribution < 1.29 is 151 Å². The summed E-state index contributed by atoms with van der Waals surface area (Å²) in [6.07, 6.45) is -25.8. The van der Waals surface area contributed by atoms with Gasteiger partial charge in [0.15, 0.2) is 61.5 Å². The second-order valence-corrected chi connectivity index (χ2v) is 27.4. The number of carboxylic acids is 2. The number of Topliss-reactive ketones (excluding diaryl/α,β-unsaturated/α-hetero) is 1. The average molecular weight is 1440 g/mol. The Kier molecular flexibility index (Phi) is 31.5. The maximum Gasteiger partial charge on any atom is 0.474 e. The zero-order chi connectivity index (χ0) is 74.2. The molecule has 4 fully saturated rings. The van der Waals surface area contributed by atoms with Crippen molar-refractivity contribution in [3.05, 3.63) is 70.7 Å². The molecular weight excluding hydrogens is 1340 g/mol. The molecule has 17 N–H and O–H groups in total. The van der Waals surface area contributed by atoms with E-state index < -0.39 is 209 Å². The lowest BCUT2D eigenvalue weighted by atomic mass is 9.85. The quantitative estimate of drug-likeness (QED) is 0.0287. The van der Waals surface area contributed by atoms with E-state index in [0.717, 1.165) is 64.0 Å². The molecule has 99 heavy (non-hydrogen) atoms. The normalized spacial score (nSPS) is 33.3. The number of phosphoric ester groups is 1. The average Bonchev–Trinajstić information content (AvgIpc) is 1.26. The van der Waals surface area contributed by atoms with Crippen molar-refractivity contribution >= 4 is 49.4 Å². The van der Waals surface area contributed by atoms with Crippen molar-refractivity contribution in [2.45, 2.75) is 248 Å². The summed E-state index contributed by atoms with van der Waals surface area (Å²) >= 11 is 0. The highest BCUT2D eigenvalue weighted by molar-refractivity contribution is 7.47. The Morgan fingerprint density at radius 2 is 1.30 bits per heavy atom. The number of ether oxygens (including phenoxy) is 9. The lowest BCUT2D eigenvalue weighted by Gasteiger charge is -2.51. The van der Waals surface area contributed by atoms with Crippen molar-refractivity contribution in [2.75, 3.05) is 26.4 Å². The van der Waals surface area contributed by atoms with Gasteiger partial charge >= 0.3 is 25.9 Å². The van der Waals surface area contributed by atoms with E-state index >= 15 is 0 Å². The Morgan fingerprint density at radius 3 is 1.82 bits per heavy atom. The summed E-state index contributed by atoms with van der Waals surface area (Å²) < 4.78 is 75.4. The lowest BCUT2D eigenvalue weighted by Crippen LogP contribution is -2.72. The number of ketones is 1. The third-order valence-electron chi connectivity index (χ3n) is 16.8. The summed E-state index contributed by atoms with van der Waals surface area (Å²) in [4.78, 5) is 99.9. The van der Waals surface area contributed by atoms with Crippen LogP contribution in [0.15, 0.2) is 70.7 Å². The molecule has 4 amide bonds. The highest BCUT2D eigenvalue weighted by Gasteiger charge is 2.63. The number of hydrogen-bond donors (Lipinski definition) is 16. The molecule has 1 aliphatic carbocycles. The number of aliphatic hydroxyl groups is 9. The van der Waals surface area contributed by atoms with E-state index in [4.69, 9.17) is 57.4 Å². The number of aliphatic carboxylic acids is 2. The number of carbonyl (C=O) groups is 7. The molecule has 4 heterocycles. The maximum absolute atomic E-state index is 13.8. The first-order chi connectivity index (χ1) is 46.2. The van der Waals surface area contributed by atoms with Crippen LogP contribution in [-0.2, 0) is 85.0 Å². The van der Waals surface area contributed by atoms with Crippen molar-refractivity contribution in [1.82, 2.24) is 16.0 Å². The minimum Gasteiger partial charge on any atom is -0.510 e. The van der Waals surface area contributed by atoms with Crippen LogP contribution in [0.3, 0.4) is 0 Å². The van der Waals surface area contributed by atoms with Crippen LogP contribution < -0.4 is 21.7 Å². The molecule has 36 heteroatoms. The summed E-state index contributed by atoms with van der Waals surface area (Å²) in [6, 6.07) is -3.92. The third kappa shape index (κ3) is 23.8. The second kappa shape index (κ2) is 37.3. The predicted octanol–water partition coefficient (Wildman–Crippen LogP) is -0.280. The summed E-state index contributed by atoms with van der Waals surface area (Å²) in [7, 11) is -5.79. The fraction of sp³-hybridized carbons (Fsp3) is 0.698. The van der Waals surface area contributed by atoms with E-state index in [0.29, 0.717) is 12.8 Å². The van der Waals surface area contributed by atoms with Crippen LogP contribution in [0, 0.1) is 5.41 Å². The molecule has 0 saturated carbocycles. The molecule has 0 aromatic heterocycles. The van der Waals surface area contributed by atoms with Gasteiger partial charge in [-0.05, 0) is 85.0 Å². The van der Waals surface area contributed by atoms with Crippen molar-refractivity contribution in [3.8, 4) is 0 Å². The molecule has 0 radical (unpaired) electrons. The van der Waals surface area contributed by atoms with Crippen LogP contribution in [0.2, 0.25) is 0 Å². The first-order valence-electron chi connectivity index (χ1n) is 31.9. The molecular formula is C63H97N4O31P. The molecule has 560 valence electrons. The fourth-order valence-electron chi connectivity index (χ4n) is 11.2. The van der Waals surface area contributed by atoms with Crippen molar-refractivity contribution in [2.24, 2.45) is 11.1 Å². The first kappa shape index (κ1) is 83.7. The first-order valence-corrected chi connectivity index (χ1v) is 33.4. The number of phosphoric acid groups is 1. The molecule has 35 nitrogen and oxygen atoms in total. The van der Waals surface area contributed by atoms with E-state index in [1.54, 1.807) is 13.0 Å². The van der Waals surface area contributed by atoms with Gasteiger partial charge in [-0.1, -0.05) is 73.1 Å². The van der Waals surface area contributed by atoms with Gasteiger partial charge in [-0.25, -0.2) is 18.9 Å². The highest BCUT2D eigenvalue weighted by atomic mass is 31.2. The Labute approximate surface area is 571 Å². The van der Waals surface area contributed by atoms with Gasteiger partial charge in [-0.15, -0.1) is 0 Å². The molecule has 22 atom stereocenters. The predicted molar refractivity (Wildman–Crippen MR) is 339 cm³/mol. The van der Waals surface area contributed by atoms with E-state index in [2.05, 4.69) is 75.4 Å². The molecule has 0 bridgehead atoms. The maximum atomic E-state index is 13.8. The van der Waals surface area contributed by atoms with Gasteiger partial charge in [-0.2, -0.15) is 0 Å². The smallest absolute Gasteiger partial charge is 0.474 e. The van der Waals surface area contributed by atoms with Gasteiger partial charge in [0.2, 0.25) is 11.8 Å². The molecule has 5 rings (SSSR count). The zero-order valence-electron chi connectivity index (χ0n) is 56.5. The summed E-state index contributed by atoms with van der Waals surface area (Å²) in [6.45, 7) is 15.3. The summed E-state index contributed by atoms with van der Waals surface area (Å²) in [5.41, 5.74) is 6.28. The number of primary amides is 1. The number of rotatable bonds is 35. The molecule has 0 spiro atoms. The Morgan fingerprint density at radius 1 is 0.747 bits per heavy atom. The molecule has 4 aliphatic heterocycles. The third-order valence-corrected chi connectivity index (χ3v) is 17.8. The van der Waals surface area contributed by atoms with Crippen LogP contribution in [0.1, 0.15) is 120 Å². The molecule has 1 unspecified atom stereocenters. The van der Waals surface area contributed by atoms with Gasteiger partial charge < -0.3 is 125 Å². The SMILES string of the molecule is C=C(C/C=C(\C)CCC=C(C)C)CCC(C)(C)/C=C/CC/C(C)=C\CO[C@@H](COP(=O)(O)O[C@@H]1O[C@H](C(=O)O)[C@@](C)(O)[C@H](OC(N)=O)[C@H]1O[C@@H]1O[C@H](CO)[C@@H](O[C@H]2O[C@@H](CO)[C@H](O[C@H]3O[C@@H](C(=O)NC4=C(O)CCC4=O)[C@H](O)[C@@H](O)[C@@H]3O)[C@@H](O)[C@@H]2NC(C)=O)[C@H](O)[C@H]1NC(C)=O)C(=O)O. The summed E-state index contributed by atoms with van der Waals surface area (Å²) in [5, 5.41) is 127. The van der Waals surface area contributed by atoms with E-state index in [1.165, 1.54) is 11.1 Å². The van der Waals surface area contributed by atoms with Gasteiger partial charge in [-0.3, -0.25) is 28.2 Å². The van der Waals surface area contributed by atoms with Gasteiger partial charge in [0.05, 0.1) is 26.4 Å². The number of hydrogen-bond acceptors (Lipinski definition) is 28. The number of allylic oxidation sites excluding steroid dienone is 10. The largest absolute Gasteiger partial charge is 0.510 e. The Balaban J connectivity index is 1.31. The van der Waals surface area contributed by atoms with Crippen LogP contribution in [0.5, 0.6) is 0 Å². The second-order valence-electron chi connectivity index (χ2n) is 26.0. The number of nitrogens with two attached hydrogens (primary N) is 1. The van der Waals surface area contributed by atoms with Crippen molar-refractivity contribution in [1.29, 1.82) is 0 Å². The number of carboxylic acid groups (broad SMARTS) is 2. The highest BCUT2D eigenvalue weighted by Crippen LogP contribution is 2.49. The monoisotopic (exact) mass is 1440 g/mol. The van der Waals surface area contributed by atoms with Crippen LogP contribution in [0.25, 0.3) is 0 Å². The van der Waals surface area contributed by atoms with Gasteiger partial charge in [0.25, 0.3) is 5.91 Å². The molecule has 0 aromatic rings. The summed E-state index contributed by atoms with van der Waals surface area (Å²) in [5.74, 6) is -8.08. The Hall–Kier alpha value is -6.00. The van der Waals surface area contributed by atoms with E-state index in [-0.39, 0.29) is 24.9 Å². The van der Waals surface area contributed by atoms with Gasteiger partial charge in [0.1, 0.15) is 84.1 Å². The lowest BCUT2D eigenvalue weighted by molar-refractivity contribution is -0.372. The van der Waals surface area contributed by atoms with Gasteiger partial charge in [0, 0.05) is 26.7 Å². The molecule has 4 saturated heterocycles. The Bertz CT molecular complexity index is 3040. The zero-order valence-corrected chi connectivity index (χ0v) is 57.4. The number of carbonyl (C=O) groups excluding carboxylic acids is 5. The van der Waals surface area contributed by atoms with Crippen LogP contribution >= 0.6 is 7.82 Å². The van der Waals surface area contributed by atoms with Crippen LogP contribution in [-0.4, -0.2) is 257 Å². The van der Waals surface area contributed by atoms with E-state index in [1.807, 2.05) is 6.08 Å². The van der Waals surface area contributed by atoms with E-state index in [9.17, 15) is 99.2 Å². The minimum atomic E-state index is -5.79. The molecule has 0 aromatic carbocycles. The minimum absolute atomic E-state index is 0.122. The fourth-order valence-corrected chi connectivity index (χ4v) is 12.1. The topological polar surface area (TPSA) is 543 Å². The number of aliphatic hydroxyl groups excluding tert-OH is 8. The van der Waals surface area contributed by atoms with Crippen LogP contribution in [0.4, 0.5) is 4.79 Å². The number of nitrogens with one attached hydrogen (secondary N) is 3. The van der Waals surface area contributed by atoms with Crippen molar-refractivity contribution in [3.63, 3.8) is 0 Å².